The van der Waals surface area contributed by atoms with Crippen molar-refractivity contribution in [1.29, 1.82) is 10.5 Å². The van der Waals surface area contributed by atoms with Gasteiger partial charge in [0.2, 0.25) is 0 Å². The Bertz CT molecular complexity index is 1560. The fourth-order valence-electron chi connectivity index (χ4n) is 3.83. The Kier molecular flexibility index (Phi) is 4.43. The third-order valence-electron chi connectivity index (χ3n) is 5.71. The average Bonchev–Trinajstić information content (AvgIpc) is 3.34. The van der Waals surface area contributed by atoms with Gasteiger partial charge in [0.25, 0.3) is 0 Å². The predicted octanol–water partition coefficient (Wildman–Crippen LogP) is 5.51. The zero-order chi connectivity index (χ0) is 22.3. The van der Waals surface area contributed by atoms with Crippen LogP contribution in [0.4, 0.5) is 0 Å². The van der Waals surface area contributed by atoms with Crippen LogP contribution in [0.3, 0.4) is 0 Å². The van der Waals surface area contributed by atoms with E-state index in [4.69, 9.17) is 10.2 Å². The van der Waals surface area contributed by atoms with Crippen molar-refractivity contribution in [1.82, 2.24) is 20.2 Å². The molecule has 3 heterocycles. The molecule has 0 radical (unpaired) electrons. The van der Waals surface area contributed by atoms with Crippen molar-refractivity contribution in [2.24, 2.45) is 0 Å². The number of nitrogens with one attached hydrogen (secondary N) is 1. The minimum atomic E-state index is -0.550. The highest BCUT2D eigenvalue weighted by atomic mass is 15.1. The quantitative estimate of drug-likeness (QED) is 0.419. The summed E-state index contributed by atoms with van der Waals surface area (Å²) in [5, 5.41) is 27.8. The zero-order valence-electron chi connectivity index (χ0n) is 17.6. The summed E-state index contributed by atoms with van der Waals surface area (Å²) in [7, 11) is 0. The highest BCUT2D eigenvalue weighted by Gasteiger charge is 2.20. The van der Waals surface area contributed by atoms with Gasteiger partial charge in [0, 0.05) is 21.9 Å². The Hall–Kier alpha value is -4.55. The van der Waals surface area contributed by atoms with E-state index in [1.54, 1.807) is 12.3 Å². The Morgan fingerprint density at radius 2 is 1.66 bits per heavy atom. The van der Waals surface area contributed by atoms with Crippen LogP contribution in [0.25, 0.3) is 44.3 Å². The van der Waals surface area contributed by atoms with E-state index in [0.29, 0.717) is 5.69 Å². The second-order valence-electron chi connectivity index (χ2n) is 8.19. The summed E-state index contributed by atoms with van der Waals surface area (Å²) in [5.41, 5.74) is 5.89. The number of nitrogens with zero attached hydrogens (tertiary/aromatic N) is 5. The van der Waals surface area contributed by atoms with Crippen LogP contribution in [-0.4, -0.2) is 20.2 Å². The van der Waals surface area contributed by atoms with Crippen LogP contribution in [0.1, 0.15) is 25.1 Å². The highest BCUT2D eigenvalue weighted by Crippen LogP contribution is 2.34. The third-order valence-corrected chi connectivity index (χ3v) is 5.71. The van der Waals surface area contributed by atoms with Gasteiger partial charge in [-0.15, -0.1) is 0 Å². The van der Waals surface area contributed by atoms with Gasteiger partial charge in [0.15, 0.2) is 0 Å². The van der Waals surface area contributed by atoms with Crippen molar-refractivity contribution in [3.63, 3.8) is 0 Å². The summed E-state index contributed by atoms with van der Waals surface area (Å²) in [4.78, 5) is 9.33. The summed E-state index contributed by atoms with van der Waals surface area (Å²) in [6.45, 7) is 3.81. The molecule has 0 bridgehead atoms. The fourth-order valence-corrected chi connectivity index (χ4v) is 3.83. The number of H-pyrrole nitrogens is 1. The monoisotopic (exact) mass is 414 g/mol. The van der Waals surface area contributed by atoms with E-state index < -0.39 is 5.41 Å². The normalized spacial score (nSPS) is 11.4. The van der Waals surface area contributed by atoms with Crippen LogP contribution in [0.15, 0.2) is 66.9 Å². The smallest absolute Gasteiger partial charge is 0.141 e. The van der Waals surface area contributed by atoms with E-state index in [0.717, 1.165) is 49.9 Å². The van der Waals surface area contributed by atoms with Crippen LogP contribution in [0, 0.1) is 22.7 Å². The van der Waals surface area contributed by atoms with Crippen molar-refractivity contribution >= 4 is 21.8 Å². The van der Waals surface area contributed by atoms with Crippen LogP contribution in [-0.2, 0) is 5.41 Å². The van der Waals surface area contributed by atoms with E-state index in [9.17, 15) is 5.26 Å². The van der Waals surface area contributed by atoms with E-state index in [-0.39, 0.29) is 0 Å². The molecule has 0 aliphatic carbocycles. The minimum absolute atomic E-state index is 0.382. The van der Waals surface area contributed by atoms with Gasteiger partial charge in [-0.25, -0.2) is 9.97 Å². The van der Waals surface area contributed by atoms with Gasteiger partial charge in [-0.3, -0.25) is 5.10 Å². The molecule has 5 rings (SSSR count). The maximum Gasteiger partial charge on any atom is 0.141 e. The van der Waals surface area contributed by atoms with E-state index in [1.807, 2.05) is 68.4 Å². The molecule has 6 heteroatoms. The first-order chi connectivity index (χ1) is 15.5. The van der Waals surface area contributed by atoms with E-state index >= 15 is 0 Å². The standard InChI is InChI=1S/C26H18N6/c1-26(2,15-28)18-9-6-16(7-10-18)24-25-21(14-29-32-25)20-12-17(8-11-23(20)31-24)22-5-3-4-19(13-27)30-22/h3-12,14H,1-2H3,(H,29,32). The van der Waals surface area contributed by atoms with Crippen LogP contribution in [0.5, 0.6) is 0 Å². The fraction of sp³-hybridized carbons (Fsp3) is 0.115. The molecule has 0 aliphatic rings. The number of fused-ring (bicyclic) bond motifs is 3. The molecule has 0 spiro atoms. The Morgan fingerprint density at radius 3 is 2.41 bits per heavy atom. The maximum atomic E-state index is 9.40. The van der Waals surface area contributed by atoms with Crippen molar-refractivity contribution in [3.05, 3.63) is 78.1 Å². The zero-order valence-corrected chi connectivity index (χ0v) is 17.6. The summed E-state index contributed by atoms with van der Waals surface area (Å²) in [6.07, 6.45) is 1.80. The lowest BCUT2D eigenvalue weighted by molar-refractivity contribution is 0.687. The van der Waals surface area contributed by atoms with Gasteiger partial charge in [0.1, 0.15) is 11.8 Å². The Morgan fingerprint density at radius 1 is 0.875 bits per heavy atom. The molecule has 0 unspecified atom stereocenters. The van der Waals surface area contributed by atoms with Crippen molar-refractivity contribution in [3.8, 4) is 34.7 Å². The number of hydrogen-bond donors (Lipinski definition) is 1. The molecule has 0 aliphatic heterocycles. The molecular weight excluding hydrogens is 396 g/mol. The lowest BCUT2D eigenvalue weighted by Crippen LogP contribution is -2.13. The molecule has 6 nitrogen and oxygen atoms in total. The van der Waals surface area contributed by atoms with Crippen molar-refractivity contribution in [2.45, 2.75) is 19.3 Å². The molecule has 1 N–H and O–H groups in total. The molecule has 0 saturated carbocycles. The number of hydrogen-bond acceptors (Lipinski definition) is 5. The topological polar surface area (TPSA) is 102 Å². The molecule has 0 atom stereocenters. The summed E-state index contributed by atoms with van der Waals surface area (Å²) >= 11 is 0. The number of aromatic nitrogens is 4. The molecule has 5 aromatic rings. The van der Waals surface area contributed by atoms with Gasteiger partial charge in [-0.05, 0) is 43.7 Å². The maximum absolute atomic E-state index is 9.40. The van der Waals surface area contributed by atoms with Crippen LogP contribution >= 0.6 is 0 Å². The molecule has 3 aromatic heterocycles. The number of pyridine rings is 2. The molecule has 2 aromatic carbocycles. The average molecular weight is 414 g/mol. The van der Waals surface area contributed by atoms with Crippen molar-refractivity contribution in [2.75, 3.05) is 0 Å². The minimum Gasteiger partial charge on any atom is -0.276 e. The number of nitriles is 2. The van der Waals surface area contributed by atoms with Crippen LogP contribution in [0.2, 0.25) is 0 Å². The third kappa shape index (κ3) is 3.15. The van der Waals surface area contributed by atoms with Gasteiger partial charge in [-0.1, -0.05) is 36.4 Å². The number of rotatable bonds is 3. The Labute approximate surface area is 184 Å². The summed E-state index contributed by atoms with van der Waals surface area (Å²) < 4.78 is 0. The molecular formula is C26H18N6. The number of aromatic amines is 1. The summed E-state index contributed by atoms with van der Waals surface area (Å²) in [6, 6.07) is 23.7. The van der Waals surface area contributed by atoms with Gasteiger partial charge >= 0.3 is 0 Å². The summed E-state index contributed by atoms with van der Waals surface area (Å²) in [5.74, 6) is 0. The number of benzene rings is 2. The second kappa shape index (κ2) is 7.30. The van der Waals surface area contributed by atoms with Crippen molar-refractivity contribution < 1.29 is 0 Å². The Balaban J connectivity index is 1.66. The lowest BCUT2D eigenvalue weighted by Gasteiger charge is -2.16. The largest absolute Gasteiger partial charge is 0.276 e. The first kappa shape index (κ1) is 19.4. The van der Waals surface area contributed by atoms with Gasteiger partial charge in [0.05, 0.1) is 40.1 Å². The van der Waals surface area contributed by atoms with Crippen LogP contribution < -0.4 is 0 Å². The second-order valence-corrected chi connectivity index (χ2v) is 8.19. The molecule has 152 valence electrons. The van der Waals surface area contributed by atoms with Gasteiger partial charge < -0.3 is 0 Å². The first-order valence-corrected chi connectivity index (χ1v) is 10.2. The lowest BCUT2D eigenvalue weighted by atomic mass is 9.86. The SMILES string of the molecule is CC(C)(C#N)c1ccc(-c2nc3ccc(-c4cccc(C#N)n4)cc3c3cn[nH]c23)cc1. The van der Waals surface area contributed by atoms with Gasteiger partial charge in [-0.2, -0.15) is 15.6 Å². The molecule has 0 amide bonds. The van der Waals surface area contributed by atoms with E-state index in [1.165, 1.54) is 0 Å². The first-order valence-electron chi connectivity index (χ1n) is 10.2. The molecule has 0 fully saturated rings. The molecule has 32 heavy (non-hydrogen) atoms. The predicted molar refractivity (Wildman–Crippen MR) is 123 cm³/mol. The molecule has 0 saturated heterocycles. The highest BCUT2D eigenvalue weighted by molar-refractivity contribution is 6.10. The van der Waals surface area contributed by atoms with E-state index in [2.05, 4.69) is 27.3 Å².